The van der Waals surface area contributed by atoms with Crippen molar-refractivity contribution in [3.63, 3.8) is 0 Å². The molecule has 5 rings (SSSR count). The van der Waals surface area contributed by atoms with Gasteiger partial charge in [-0.25, -0.2) is 9.97 Å². The van der Waals surface area contributed by atoms with Crippen molar-refractivity contribution in [1.29, 1.82) is 0 Å². The van der Waals surface area contributed by atoms with E-state index in [1.807, 2.05) is 23.2 Å². The summed E-state index contributed by atoms with van der Waals surface area (Å²) in [6, 6.07) is 4.64. The molecular formula is C22H28N6O. The molecule has 4 heterocycles. The van der Waals surface area contributed by atoms with Crippen LogP contribution in [0.1, 0.15) is 30.5 Å². The summed E-state index contributed by atoms with van der Waals surface area (Å²) < 4.78 is 0. The molecular weight excluding hydrogens is 364 g/mol. The number of rotatable bonds is 4. The smallest absolute Gasteiger partial charge is 0.236 e. The Morgan fingerprint density at radius 3 is 2.59 bits per heavy atom. The number of fused-ring (bicyclic) bond motifs is 1. The summed E-state index contributed by atoms with van der Waals surface area (Å²) in [6.45, 7) is 5.92. The zero-order valence-electron chi connectivity index (χ0n) is 16.8. The average Bonchev–Trinajstić information content (AvgIpc) is 2.73. The fourth-order valence-corrected chi connectivity index (χ4v) is 4.53. The molecule has 2 aromatic rings. The molecule has 1 saturated heterocycles. The molecule has 0 radical (unpaired) electrons. The van der Waals surface area contributed by atoms with Crippen LogP contribution in [0.3, 0.4) is 0 Å². The van der Waals surface area contributed by atoms with E-state index in [0.29, 0.717) is 6.54 Å². The molecule has 1 amide bonds. The van der Waals surface area contributed by atoms with E-state index in [1.165, 1.54) is 19.3 Å². The van der Waals surface area contributed by atoms with Gasteiger partial charge < -0.3 is 4.90 Å². The zero-order chi connectivity index (χ0) is 19.6. The van der Waals surface area contributed by atoms with E-state index in [1.54, 1.807) is 12.4 Å². The van der Waals surface area contributed by atoms with E-state index < -0.39 is 0 Å². The van der Waals surface area contributed by atoms with Gasteiger partial charge >= 0.3 is 0 Å². The molecule has 0 unspecified atom stereocenters. The second-order valence-electron chi connectivity index (χ2n) is 8.36. The standard InChI is InChI=1S/C22H28N6O/c29-21(28-12-10-27(11-13-28)19-2-1-3-19)16-26-9-6-20-18(15-26)14-24-22(25-20)17-4-7-23-8-5-17/h4-5,7-8,14,19H,1-3,6,9-13,15-16H2. The maximum atomic E-state index is 12.8. The summed E-state index contributed by atoms with van der Waals surface area (Å²) in [5.41, 5.74) is 3.22. The Labute approximate surface area is 171 Å². The van der Waals surface area contributed by atoms with Gasteiger partial charge in [0.2, 0.25) is 5.91 Å². The Morgan fingerprint density at radius 2 is 1.86 bits per heavy atom. The van der Waals surface area contributed by atoms with Gasteiger partial charge in [0, 0.05) is 81.4 Å². The summed E-state index contributed by atoms with van der Waals surface area (Å²) in [5, 5.41) is 0. The van der Waals surface area contributed by atoms with Crippen LogP contribution in [0.15, 0.2) is 30.7 Å². The lowest BCUT2D eigenvalue weighted by Gasteiger charge is -2.43. The lowest BCUT2D eigenvalue weighted by molar-refractivity contribution is -0.135. The van der Waals surface area contributed by atoms with E-state index in [9.17, 15) is 4.79 Å². The number of nitrogens with zero attached hydrogens (tertiary/aromatic N) is 6. The molecule has 0 N–H and O–H groups in total. The van der Waals surface area contributed by atoms with Crippen LogP contribution in [0.4, 0.5) is 0 Å². The van der Waals surface area contributed by atoms with Crippen molar-refractivity contribution in [3.8, 4) is 11.4 Å². The van der Waals surface area contributed by atoms with Crippen LogP contribution >= 0.6 is 0 Å². The highest BCUT2D eigenvalue weighted by atomic mass is 16.2. The molecule has 29 heavy (non-hydrogen) atoms. The van der Waals surface area contributed by atoms with Crippen molar-refractivity contribution >= 4 is 5.91 Å². The highest BCUT2D eigenvalue weighted by Gasteiger charge is 2.30. The highest BCUT2D eigenvalue weighted by molar-refractivity contribution is 5.78. The Morgan fingerprint density at radius 1 is 1.07 bits per heavy atom. The first-order chi connectivity index (χ1) is 14.3. The number of hydrogen-bond donors (Lipinski definition) is 0. The SMILES string of the molecule is O=C(CN1CCc2nc(-c3ccncc3)ncc2C1)N1CCN(C2CCC2)CC1. The summed E-state index contributed by atoms with van der Waals surface area (Å²) in [4.78, 5) is 33.0. The minimum absolute atomic E-state index is 0.260. The first kappa shape index (κ1) is 18.6. The van der Waals surface area contributed by atoms with Gasteiger partial charge in [-0.05, 0) is 25.0 Å². The molecule has 0 bridgehead atoms. The number of carbonyl (C=O) groups is 1. The molecule has 2 fully saturated rings. The van der Waals surface area contributed by atoms with Crippen LogP contribution in [0.25, 0.3) is 11.4 Å². The van der Waals surface area contributed by atoms with Crippen LogP contribution in [0.2, 0.25) is 0 Å². The zero-order valence-corrected chi connectivity index (χ0v) is 16.8. The van der Waals surface area contributed by atoms with Crippen molar-refractivity contribution in [3.05, 3.63) is 42.0 Å². The van der Waals surface area contributed by atoms with Gasteiger partial charge in [0.15, 0.2) is 5.82 Å². The Kier molecular flexibility index (Phi) is 5.24. The predicted molar refractivity (Wildman–Crippen MR) is 110 cm³/mol. The molecule has 3 aliphatic rings. The van der Waals surface area contributed by atoms with Gasteiger partial charge in [-0.2, -0.15) is 0 Å². The third kappa shape index (κ3) is 4.02. The minimum Gasteiger partial charge on any atom is -0.339 e. The van der Waals surface area contributed by atoms with Gasteiger partial charge in [0.05, 0.1) is 12.2 Å². The molecule has 0 atom stereocenters. The molecule has 7 heteroatoms. The first-order valence-corrected chi connectivity index (χ1v) is 10.8. The van der Waals surface area contributed by atoms with Gasteiger partial charge in [-0.3, -0.25) is 19.6 Å². The number of pyridine rings is 1. The maximum Gasteiger partial charge on any atom is 0.236 e. The van der Waals surface area contributed by atoms with E-state index in [4.69, 9.17) is 4.98 Å². The molecule has 2 aromatic heterocycles. The van der Waals surface area contributed by atoms with Gasteiger partial charge in [0.1, 0.15) is 0 Å². The lowest BCUT2D eigenvalue weighted by Crippen LogP contribution is -2.55. The largest absolute Gasteiger partial charge is 0.339 e. The van der Waals surface area contributed by atoms with E-state index in [2.05, 4.69) is 19.8 Å². The number of aromatic nitrogens is 3. The molecule has 1 saturated carbocycles. The van der Waals surface area contributed by atoms with E-state index in [-0.39, 0.29) is 5.91 Å². The third-order valence-electron chi connectivity index (χ3n) is 6.57. The Balaban J connectivity index is 1.16. The van der Waals surface area contributed by atoms with Crippen LogP contribution in [0, 0.1) is 0 Å². The van der Waals surface area contributed by atoms with E-state index >= 15 is 0 Å². The number of amides is 1. The van der Waals surface area contributed by atoms with Crippen molar-refractivity contribution < 1.29 is 4.79 Å². The van der Waals surface area contributed by atoms with Gasteiger partial charge in [-0.15, -0.1) is 0 Å². The van der Waals surface area contributed by atoms with Crippen molar-refractivity contribution in [2.75, 3.05) is 39.3 Å². The number of piperazine rings is 1. The highest BCUT2D eigenvalue weighted by Crippen LogP contribution is 2.26. The van der Waals surface area contributed by atoms with Crippen molar-refractivity contribution in [2.24, 2.45) is 0 Å². The number of hydrogen-bond acceptors (Lipinski definition) is 6. The lowest BCUT2D eigenvalue weighted by atomic mass is 9.91. The Bertz CT molecular complexity index is 861. The van der Waals surface area contributed by atoms with Crippen LogP contribution in [0.5, 0.6) is 0 Å². The predicted octanol–water partition coefficient (Wildman–Crippen LogP) is 1.59. The fourth-order valence-electron chi connectivity index (χ4n) is 4.53. The maximum absolute atomic E-state index is 12.8. The molecule has 0 aromatic carbocycles. The topological polar surface area (TPSA) is 65.5 Å². The quantitative estimate of drug-likeness (QED) is 0.787. The molecule has 152 valence electrons. The summed E-state index contributed by atoms with van der Waals surface area (Å²) in [5.74, 6) is 1.01. The van der Waals surface area contributed by atoms with E-state index in [0.717, 1.165) is 74.4 Å². The molecule has 0 spiro atoms. The summed E-state index contributed by atoms with van der Waals surface area (Å²) in [7, 11) is 0. The number of carbonyl (C=O) groups excluding carboxylic acids is 1. The average molecular weight is 393 g/mol. The van der Waals surface area contributed by atoms with Crippen LogP contribution < -0.4 is 0 Å². The minimum atomic E-state index is 0.260. The second kappa shape index (κ2) is 8.16. The van der Waals surface area contributed by atoms with Gasteiger partial charge in [0.25, 0.3) is 0 Å². The Hall–Kier alpha value is -2.38. The molecule has 7 nitrogen and oxygen atoms in total. The first-order valence-electron chi connectivity index (χ1n) is 10.8. The normalized spacial score (nSPS) is 20.9. The van der Waals surface area contributed by atoms with Crippen molar-refractivity contribution in [1.82, 2.24) is 29.7 Å². The second-order valence-corrected chi connectivity index (χ2v) is 8.36. The van der Waals surface area contributed by atoms with Crippen molar-refractivity contribution in [2.45, 2.75) is 38.3 Å². The molecule has 2 aliphatic heterocycles. The summed E-state index contributed by atoms with van der Waals surface area (Å²) in [6.07, 6.45) is 10.4. The monoisotopic (exact) mass is 392 g/mol. The molecule has 1 aliphatic carbocycles. The van der Waals surface area contributed by atoms with Crippen LogP contribution in [-0.2, 0) is 17.8 Å². The summed E-state index contributed by atoms with van der Waals surface area (Å²) >= 11 is 0. The van der Waals surface area contributed by atoms with Gasteiger partial charge in [-0.1, -0.05) is 6.42 Å². The third-order valence-corrected chi connectivity index (χ3v) is 6.57. The fraction of sp³-hybridized carbons (Fsp3) is 0.545. The van der Waals surface area contributed by atoms with Crippen LogP contribution in [-0.4, -0.2) is 80.9 Å².